The Morgan fingerprint density at radius 1 is 1.25 bits per heavy atom. The van der Waals surface area contributed by atoms with Crippen molar-refractivity contribution in [3.8, 4) is 5.75 Å². The van der Waals surface area contributed by atoms with Gasteiger partial charge in [0.25, 0.3) is 0 Å². The molecule has 2 aromatic rings. The molecule has 1 N–H and O–H groups in total. The molecule has 2 aliphatic heterocycles. The first-order chi connectivity index (χ1) is 13.7. The summed E-state index contributed by atoms with van der Waals surface area (Å²) in [5.74, 6) is 1.32. The van der Waals surface area contributed by atoms with Crippen LogP contribution in [0.25, 0.3) is 11.0 Å². The molecule has 2 fully saturated rings. The van der Waals surface area contributed by atoms with Crippen LogP contribution < -0.4 is 15.1 Å². The molecule has 1 aromatic carbocycles. The molecule has 152 valence electrons. The SMILES string of the molecule is Cc1c(OCCN2CCC[C@H]2CO)ccc2c(=O)cc(N3CCOCC3)oc12. The van der Waals surface area contributed by atoms with E-state index < -0.39 is 0 Å². The number of morpholine rings is 1. The summed E-state index contributed by atoms with van der Waals surface area (Å²) in [7, 11) is 0. The molecule has 0 radical (unpaired) electrons. The van der Waals surface area contributed by atoms with Gasteiger partial charge in [-0.25, -0.2) is 0 Å². The van der Waals surface area contributed by atoms with Gasteiger partial charge in [0.2, 0.25) is 0 Å². The van der Waals surface area contributed by atoms with Crippen LogP contribution in [0.2, 0.25) is 0 Å². The first-order valence-electron chi connectivity index (χ1n) is 10.0. The number of likely N-dealkylation sites (tertiary alicyclic amines) is 1. The number of hydrogen-bond acceptors (Lipinski definition) is 7. The summed E-state index contributed by atoms with van der Waals surface area (Å²) in [5.41, 5.74) is 1.38. The van der Waals surface area contributed by atoms with E-state index in [0.29, 0.717) is 49.8 Å². The Morgan fingerprint density at radius 2 is 2.07 bits per heavy atom. The highest BCUT2D eigenvalue weighted by Gasteiger charge is 2.23. The van der Waals surface area contributed by atoms with Crippen molar-refractivity contribution in [2.24, 2.45) is 0 Å². The van der Waals surface area contributed by atoms with Crippen LogP contribution in [0.15, 0.2) is 27.4 Å². The average molecular weight is 388 g/mol. The van der Waals surface area contributed by atoms with Crippen LogP contribution in [0.3, 0.4) is 0 Å². The lowest BCUT2D eigenvalue weighted by molar-refractivity contribution is 0.121. The maximum atomic E-state index is 12.6. The number of aryl methyl sites for hydroxylation is 1. The second-order valence-corrected chi connectivity index (χ2v) is 7.48. The Balaban J connectivity index is 1.52. The standard InChI is InChI=1S/C21H28N2O5/c1-15-19(27-12-9-22-6-2-3-16(22)14-24)5-4-17-18(25)13-20(28-21(15)17)23-7-10-26-11-8-23/h4-5,13,16,24H,2-3,6-12,14H2,1H3/t16-/m0/s1. The van der Waals surface area contributed by atoms with Crippen LogP contribution >= 0.6 is 0 Å². The zero-order valence-corrected chi connectivity index (χ0v) is 16.4. The van der Waals surface area contributed by atoms with Crippen molar-refractivity contribution in [1.82, 2.24) is 4.90 Å². The smallest absolute Gasteiger partial charge is 0.200 e. The molecule has 3 heterocycles. The van der Waals surface area contributed by atoms with Gasteiger partial charge in [0.1, 0.15) is 17.9 Å². The molecule has 7 nitrogen and oxygen atoms in total. The van der Waals surface area contributed by atoms with E-state index in [-0.39, 0.29) is 18.1 Å². The van der Waals surface area contributed by atoms with Gasteiger partial charge in [0, 0.05) is 37.3 Å². The topological polar surface area (TPSA) is 75.4 Å². The number of hydrogen-bond donors (Lipinski definition) is 1. The van der Waals surface area contributed by atoms with Gasteiger partial charge in [-0.15, -0.1) is 0 Å². The molecule has 7 heteroatoms. The first kappa shape index (κ1) is 19.2. The first-order valence-corrected chi connectivity index (χ1v) is 10.0. The summed E-state index contributed by atoms with van der Waals surface area (Å²) in [5, 5.41) is 10.0. The van der Waals surface area contributed by atoms with Gasteiger partial charge in [-0.3, -0.25) is 9.69 Å². The van der Waals surface area contributed by atoms with Crippen LogP contribution in [0.1, 0.15) is 18.4 Å². The minimum absolute atomic E-state index is 0.0414. The minimum Gasteiger partial charge on any atom is -0.492 e. The molecule has 28 heavy (non-hydrogen) atoms. The number of ether oxygens (including phenoxy) is 2. The monoisotopic (exact) mass is 388 g/mol. The highest BCUT2D eigenvalue weighted by atomic mass is 16.5. The second-order valence-electron chi connectivity index (χ2n) is 7.48. The van der Waals surface area contributed by atoms with Crippen LogP contribution in [0.4, 0.5) is 5.88 Å². The third-order valence-electron chi connectivity index (χ3n) is 5.75. The molecule has 4 rings (SSSR count). The summed E-state index contributed by atoms with van der Waals surface area (Å²) in [6.07, 6.45) is 2.16. The van der Waals surface area contributed by atoms with E-state index in [1.54, 1.807) is 12.1 Å². The third kappa shape index (κ3) is 3.87. The molecule has 0 saturated carbocycles. The molecule has 0 unspecified atom stereocenters. The minimum atomic E-state index is -0.0414. The fourth-order valence-electron chi connectivity index (χ4n) is 4.09. The van der Waals surface area contributed by atoms with Crippen LogP contribution in [0.5, 0.6) is 5.75 Å². The summed E-state index contributed by atoms with van der Waals surface area (Å²) in [4.78, 5) is 16.9. The highest BCUT2D eigenvalue weighted by molar-refractivity contribution is 5.82. The third-order valence-corrected chi connectivity index (χ3v) is 5.75. The van der Waals surface area contributed by atoms with E-state index in [1.807, 2.05) is 17.9 Å². The molecule has 1 atom stereocenters. The van der Waals surface area contributed by atoms with Crippen molar-refractivity contribution < 1.29 is 19.0 Å². The van der Waals surface area contributed by atoms with Crippen molar-refractivity contribution in [3.05, 3.63) is 34.0 Å². The predicted molar refractivity (Wildman–Crippen MR) is 107 cm³/mol. The van der Waals surface area contributed by atoms with Gasteiger partial charge in [0.05, 0.1) is 25.2 Å². The van der Waals surface area contributed by atoms with E-state index in [1.165, 1.54) is 0 Å². The van der Waals surface area contributed by atoms with Gasteiger partial charge in [-0.2, -0.15) is 0 Å². The fraction of sp³-hybridized carbons (Fsp3) is 0.571. The lowest BCUT2D eigenvalue weighted by atomic mass is 10.1. The van der Waals surface area contributed by atoms with Crippen molar-refractivity contribution in [3.63, 3.8) is 0 Å². The van der Waals surface area contributed by atoms with Gasteiger partial charge >= 0.3 is 0 Å². The molecule has 0 aliphatic carbocycles. The lowest BCUT2D eigenvalue weighted by Gasteiger charge is -2.27. The maximum Gasteiger partial charge on any atom is 0.200 e. The number of rotatable bonds is 6. The number of aliphatic hydroxyl groups excluding tert-OH is 1. The second kappa shape index (κ2) is 8.51. The largest absolute Gasteiger partial charge is 0.492 e. The lowest BCUT2D eigenvalue weighted by Crippen LogP contribution is -2.36. The number of fused-ring (bicyclic) bond motifs is 1. The van der Waals surface area contributed by atoms with Crippen molar-refractivity contribution in [2.75, 3.05) is 57.5 Å². The summed E-state index contributed by atoms with van der Waals surface area (Å²) in [6.45, 7) is 7.14. The predicted octanol–water partition coefficient (Wildman–Crippen LogP) is 1.77. The number of anilines is 1. The summed E-state index contributed by atoms with van der Waals surface area (Å²) < 4.78 is 17.5. The Bertz CT molecular complexity index is 875. The van der Waals surface area contributed by atoms with Crippen molar-refractivity contribution >= 4 is 16.9 Å². The Hall–Kier alpha value is -2.09. The summed E-state index contributed by atoms with van der Waals surface area (Å²) in [6, 6.07) is 5.43. The molecule has 2 aliphatic rings. The molecular formula is C21H28N2O5. The van der Waals surface area contributed by atoms with Gasteiger partial charge < -0.3 is 23.9 Å². The summed E-state index contributed by atoms with van der Waals surface area (Å²) >= 11 is 0. The van der Waals surface area contributed by atoms with Gasteiger partial charge in [-0.1, -0.05) is 0 Å². The van der Waals surface area contributed by atoms with Gasteiger partial charge in [0.15, 0.2) is 11.3 Å². The quantitative estimate of drug-likeness (QED) is 0.808. The zero-order valence-electron chi connectivity index (χ0n) is 16.4. The molecule has 1 aromatic heterocycles. The maximum absolute atomic E-state index is 12.6. The van der Waals surface area contributed by atoms with E-state index in [4.69, 9.17) is 13.9 Å². The van der Waals surface area contributed by atoms with Crippen molar-refractivity contribution in [1.29, 1.82) is 0 Å². The fourth-order valence-corrected chi connectivity index (χ4v) is 4.09. The van der Waals surface area contributed by atoms with Crippen LogP contribution in [-0.4, -0.2) is 68.7 Å². The molecular weight excluding hydrogens is 360 g/mol. The van der Waals surface area contributed by atoms with Crippen molar-refractivity contribution in [2.45, 2.75) is 25.8 Å². The molecule has 2 saturated heterocycles. The van der Waals surface area contributed by atoms with E-state index in [9.17, 15) is 9.90 Å². The number of benzene rings is 1. The highest BCUT2D eigenvalue weighted by Crippen LogP contribution is 2.29. The molecule has 0 bridgehead atoms. The Morgan fingerprint density at radius 3 is 2.86 bits per heavy atom. The normalized spacial score (nSPS) is 20.8. The van der Waals surface area contributed by atoms with Crippen LogP contribution in [-0.2, 0) is 4.74 Å². The van der Waals surface area contributed by atoms with E-state index in [2.05, 4.69) is 4.90 Å². The Labute approximate surface area is 164 Å². The van der Waals surface area contributed by atoms with E-state index >= 15 is 0 Å². The zero-order chi connectivity index (χ0) is 19.5. The average Bonchev–Trinajstić information content (AvgIpc) is 3.18. The molecule has 0 spiro atoms. The van der Waals surface area contributed by atoms with E-state index in [0.717, 1.165) is 37.2 Å². The number of aliphatic hydroxyl groups is 1. The molecule has 0 amide bonds. The van der Waals surface area contributed by atoms with Gasteiger partial charge in [-0.05, 0) is 38.4 Å². The Kier molecular flexibility index (Phi) is 5.85. The number of nitrogens with zero attached hydrogens (tertiary/aromatic N) is 2. The van der Waals surface area contributed by atoms with Crippen LogP contribution in [0, 0.1) is 6.92 Å².